The Morgan fingerprint density at radius 3 is 2.63 bits per heavy atom. The van der Waals surface area contributed by atoms with E-state index >= 15 is 0 Å². The number of anilines is 2. The van der Waals surface area contributed by atoms with E-state index < -0.39 is 0 Å². The smallest absolute Gasteiger partial charge is 0.130 e. The van der Waals surface area contributed by atoms with Crippen molar-refractivity contribution >= 4 is 11.5 Å². The van der Waals surface area contributed by atoms with E-state index in [0.29, 0.717) is 0 Å². The van der Waals surface area contributed by atoms with Gasteiger partial charge in [-0.2, -0.15) is 0 Å². The zero-order chi connectivity index (χ0) is 13.7. The Hall–Kier alpha value is -2.03. The van der Waals surface area contributed by atoms with Gasteiger partial charge in [-0.15, -0.1) is 0 Å². The number of hydrogen-bond acceptors (Lipinski definition) is 3. The van der Waals surface area contributed by atoms with Crippen LogP contribution in [0.25, 0.3) is 0 Å². The number of hydrogen-bond donors (Lipinski definition) is 1. The van der Waals surface area contributed by atoms with Gasteiger partial charge in [-0.05, 0) is 30.9 Å². The standard InChI is InChI=1S/C16H21N3/c1-13-12-18-16(11-15(13)17)19(2)10-6-9-14-7-4-3-5-8-14/h3-5,7-8,11-12H,6,9-10H2,1-2H3,(H2,17,18). The Labute approximate surface area is 115 Å². The van der Waals surface area contributed by atoms with Crippen LogP contribution in [0.5, 0.6) is 0 Å². The largest absolute Gasteiger partial charge is 0.398 e. The molecule has 0 radical (unpaired) electrons. The molecule has 2 aromatic rings. The maximum absolute atomic E-state index is 5.91. The molecule has 1 heterocycles. The topological polar surface area (TPSA) is 42.2 Å². The van der Waals surface area contributed by atoms with Crippen molar-refractivity contribution in [1.82, 2.24) is 4.98 Å². The second-order valence-electron chi connectivity index (χ2n) is 4.91. The molecule has 0 fully saturated rings. The highest BCUT2D eigenvalue weighted by Crippen LogP contribution is 2.17. The molecule has 0 amide bonds. The molecule has 2 rings (SSSR count). The molecule has 3 heteroatoms. The van der Waals surface area contributed by atoms with Crippen molar-refractivity contribution in [2.75, 3.05) is 24.2 Å². The number of nitrogens with zero attached hydrogens (tertiary/aromatic N) is 2. The van der Waals surface area contributed by atoms with E-state index in [1.54, 1.807) is 0 Å². The molecule has 19 heavy (non-hydrogen) atoms. The number of rotatable bonds is 5. The van der Waals surface area contributed by atoms with E-state index in [1.165, 1.54) is 5.56 Å². The quantitative estimate of drug-likeness (QED) is 0.893. The SMILES string of the molecule is Cc1cnc(N(C)CCCc2ccccc2)cc1N. The predicted octanol–water partition coefficient (Wildman–Crippen LogP) is 3.04. The molecule has 1 aromatic carbocycles. The summed E-state index contributed by atoms with van der Waals surface area (Å²) in [6.07, 6.45) is 4.03. The van der Waals surface area contributed by atoms with Crippen LogP contribution in [0.15, 0.2) is 42.6 Å². The van der Waals surface area contributed by atoms with Crippen molar-refractivity contribution in [2.45, 2.75) is 19.8 Å². The number of aromatic nitrogens is 1. The Bertz CT molecular complexity index is 523. The third kappa shape index (κ3) is 3.71. The van der Waals surface area contributed by atoms with Crippen LogP contribution in [0.1, 0.15) is 17.5 Å². The normalized spacial score (nSPS) is 10.4. The van der Waals surface area contributed by atoms with Crippen LogP contribution >= 0.6 is 0 Å². The summed E-state index contributed by atoms with van der Waals surface area (Å²) >= 11 is 0. The van der Waals surface area contributed by atoms with Crippen LogP contribution in [-0.2, 0) is 6.42 Å². The lowest BCUT2D eigenvalue weighted by Crippen LogP contribution is -2.20. The molecular formula is C16H21N3. The van der Waals surface area contributed by atoms with Crippen molar-refractivity contribution in [3.8, 4) is 0 Å². The average molecular weight is 255 g/mol. The summed E-state index contributed by atoms with van der Waals surface area (Å²) in [6.45, 7) is 2.95. The third-order valence-electron chi connectivity index (χ3n) is 3.32. The zero-order valence-corrected chi connectivity index (χ0v) is 11.6. The van der Waals surface area contributed by atoms with Crippen LogP contribution in [0.4, 0.5) is 11.5 Å². The van der Waals surface area contributed by atoms with Crippen molar-refractivity contribution in [3.05, 3.63) is 53.7 Å². The van der Waals surface area contributed by atoms with Gasteiger partial charge in [0.1, 0.15) is 5.82 Å². The minimum Gasteiger partial charge on any atom is -0.398 e. The van der Waals surface area contributed by atoms with Crippen LogP contribution in [-0.4, -0.2) is 18.6 Å². The van der Waals surface area contributed by atoms with Gasteiger partial charge < -0.3 is 10.6 Å². The lowest BCUT2D eigenvalue weighted by atomic mass is 10.1. The monoisotopic (exact) mass is 255 g/mol. The highest BCUT2D eigenvalue weighted by atomic mass is 15.2. The zero-order valence-electron chi connectivity index (χ0n) is 11.6. The van der Waals surface area contributed by atoms with Crippen LogP contribution in [0.2, 0.25) is 0 Å². The highest BCUT2D eigenvalue weighted by molar-refractivity contribution is 5.54. The van der Waals surface area contributed by atoms with E-state index in [9.17, 15) is 0 Å². The summed E-state index contributed by atoms with van der Waals surface area (Å²) in [5.41, 5.74) is 9.13. The molecule has 3 nitrogen and oxygen atoms in total. The number of nitrogen functional groups attached to an aromatic ring is 1. The van der Waals surface area contributed by atoms with Crippen molar-refractivity contribution in [1.29, 1.82) is 0 Å². The van der Waals surface area contributed by atoms with Crippen LogP contribution in [0.3, 0.4) is 0 Å². The lowest BCUT2D eigenvalue weighted by Gasteiger charge is -2.18. The molecule has 0 spiro atoms. The summed E-state index contributed by atoms with van der Waals surface area (Å²) < 4.78 is 0. The van der Waals surface area contributed by atoms with E-state index in [0.717, 1.165) is 36.5 Å². The number of aryl methyl sites for hydroxylation is 2. The molecule has 2 N–H and O–H groups in total. The van der Waals surface area contributed by atoms with Gasteiger partial charge in [0.05, 0.1) is 0 Å². The summed E-state index contributed by atoms with van der Waals surface area (Å²) in [4.78, 5) is 6.56. The first-order chi connectivity index (χ1) is 9.16. The summed E-state index contributed by atoms with van der Waals surface area (Å²) in [5, 5.41) is 0. The predicted molar refractivity (Wildman–Crippen MR) is 81.4 cm³/mol. The minimum atomic E-state index is 0.805. The van der Waals surface area contributed by atoms with E-state index in [1.807, 2.05) is 19.2 Å². The average Bonchev–Trinajstić information content (AvgIpc) is 2.43. The Balaban J connectivity index is 1.87. The molecule has 100 valence electrons. The maximum Gasteiger partial charge on any atom is 0.130 e. The molecule has 0 aliphatic rings. The van der Waals surface area contributed by atoms with Crippen molar-refractivity contribution in [3.63, 3.8) is 0 Å². The Morgan fingerprint density at radius 2 is 1.95 bits per heavy atom. The molecule has 0 saturated carbocycles. The highest BCUT2D eigenvalue weighted by Gasteiger charge is 2.04. The van der Waals surface area contributed by atoms with Gasteiger partial charge in [-0.3, -0.25) is 0 Å². The number of nitrogens with two attached hydrogens (primary N) is 1. The Morgan fingerprint density at radius 1 is 1.21 bits per heavy atom. The van der Waals surface area contributed by atoms with Crippen LogP contribution < -0.4 is 10.6 Å². The van der Waals surface area contributed by atoms with Gasteiger partial charge in [0.2, 0.25) is 0 Å². The van der Waals surface area contributed by atoms with Crippen molar-refractivity contribution in [2.24, 2.45) is 0 Å². The van der Waals surface area contributed by atoms with Crippen molar-refractivity contribution < 1.29 is 0 Å². The van der Waals surface area contributed by atoms with E-state index in [2.05, 4.69) is 47.3 Å². The van der Waals surface area contributed by atoms with E-state index in [4.69, 9.17) is 5.73 Å². The lowest BCUT2D eigenvalue weighted by molar-refractivity contribution is 0.777. The molecule has 0 saturated heterocycles. The summed E-state index contributed by atoms with van der Waals surface area (Å²) in [6, 6.07) is 12.5. The number of benzene rings is 1. The van der Waals surface area contributed by atoms with Crippen LogP contribution in [0, 0.1) is 6.92 Å². The maximum atomic E-state index is 5.91. The fourth-order valence-electron chi connectivity index (χ4n) is 2.02. The molecule has 0 atom stereocenters. The first-order valence-corrected chi connectivity index (χ1v) is 6.64. The van der Waals surface area contributed by atoms with Gasteiger partial charge in [0, 0.05) is 31.5 Å². The number of pyridine rings is 1. The van der Waals surface area contributed by atoms with Gasteiger partial charge in [-0.1, -0.05) is 30.3 Å². The van der Waals surface area contributed by atoms with Gasteiger partial charge >= 0.3 is 0 Å². The minimum absolute atomic E-state index is 0.805. The molecule has 0 aliphatic carbocycles. The Kier molecular flexibility index (Phi) is 4.39. The van der Waals surface area contributed by atoms with Gasteiger partial charge in [0.15, 0.2) is 0 Å². The summed E-state index contributed by atoms with van der Waals surface area (Å²) in [5.74, 6) is 0.941. The molecule has 1 aromatic heterocycles. The van der Waals surface area contributed by atoms with E-state index in [-0.39, 0.29) is 0 Å². The van der Waals surface area contributed by atoms with Gasteiger partial charge in [0.25, 0.3) is 0 Å². The fourth-order valence-corrected chi connectivity index (χ4v) is 2.02. The van der Waals surface area contributed by atoms with Gasteiger partial charge in [-0.25, -0.2) is 4.98 Å². The fraction of sp³-hybridized carbons (Fsp3) is 0.312. The molecule has 0 aliphatic heterocycles. The second-order valence-corrected chi connectivity index (χ2v) is 4.91. The molecule has 0 bridgehead atoms. The molecule has 0 unspecified atom stereocenters. The molecular weight excluding hydrogens is 234 g/mol. The first-order valence-electron chi connectivity index (χ1n) is 6.64. The second kappa shape index (κ2) is 6.23. The third-order valence-corrected chi connectivity index (χ3v) is 3.32. The first kappa shape index (κ1) is 13.4. The summed E-state index contributed by atoms with van der Waals surface area (Å²) in [7, 11) is 2.06.